The van der Waals surface area contributed by atoms with Crippen molar-refractivity contribution in [2.75, 3.05) is 0 Å². The predicted octanol–water partition coefficient (Wildman–Crippen LogP) is 3.11. The monoisotopic (exact) mass is 268 g/mol. The Balaban J connectivity index is 2.09. The number of nitrogens with zero attached hydrogens (tertiary/aromatic N) is 2. The fraction of sp³-hybridized carbons (Fsp3) is 0.188. The van der Waals surface area contributed by atoms with Gasteiger partial charge in [0.15, 0.2) is 0 Å². The van der Waals surface area contributed by atoms with Gasteiger partial charge in [-0.15, -0.1) is 0 Å². The molecule has 0 radical (unpaired) electrons. The first kappa shape index (κ1) is 13.9. The largest absolute Gasteiger partial charge is 0.478 e. The van der Waals surface area contributed by atoms with Gasteiger partial charge in [-0.1, -0.05) is 29.8 Å². The van der Waals surface area contributed by atoms with Gasteiger partial charge in [-0.3, -0.25) is 0 Å². The second kappa shape index (κ2) is 6.61. The molecule has 1 N–H and O–H groups in total. The maximum Gasteiger partial charge on any atom is 0.328 e. The highest BCUT2D eigenvalue weighted by Gasteiger charge is 2.01. The standard InChI is InChI=1S/C16H16N2O2/c1-12(7-16(19)20)5-6-13-3-2-4-14(8-13)15-9-17-11-18-10-15/h2-4,7-11H,5-6H2,1H3,(H,19,20)/b12-7+. The number of hydrogen-bond acceptors (Lipinski definition) is 3. The highest BCUT2D eigenvalue weighted by atomic mass is 16.4. The van der Waals surface area contributed by atoms with Crippen LogP contribution in [-0.4, -0.2) is 21.0 Å². The molecule has 0 atom stereocenters. The highest BCUT2D eigenvalue weighted by Crippen LogP contribution is 2.19. The van der Waals surface area contributed by atoms with Gasteiger partial charge in [-0.25, -0.2) is 14.8 Å². The molecule has 0 aliphatic rings. The topological polar surface area (TPSA) is 63.1 Å². The summed E-state index contributed by atoms with van der Waals surface area (Å²) in [6, 6.07) is 8.14. The van der Waals surface area contributed by atoms with Crippen molar-refractivity contribution in [1.82, 2.24) is 9.97 Å². The zero-order chi connectivity index (χ0) is 14.4. The van der Waals surface area contributed by atoms with Crippen LogP contribution in [0.25, 0.3) is 11.1 Å². The van der Waals surface area contributed by atoms with Crippen LogP contribution in [-0.2, 0) is 11.2 Å². The Morgan fingerprint density at radius 1 is 1.25 bits per heavy atom. The summed E-state index contributed by atoms with van der Waals surface area (Å²) in [6.45, 7) is 1.84. The molecule has 1 aromatic carbocycles. The number of carboxylic acids is 1. The third-order valence-electron chi connectivity index (χ3n) is 3.00. The number of rotatable bonds is 5. The molecule has 2 rings (SSSR count). The molecule has 0 spiro atoms. The van der Waals surface area contributed by atoms with Crippen LogP contribution in [0, 0.1) is 0 Å². The number of benzene rings is 1. The van der Waals surface area contributed by atoms with Gasteiger partial charge in [0.2, 0.25) is 0 Å². The lowest BCUT2D eigenvalue weighted by molar-refractivity contribution is -0.131. The van der Waals surface area contributed by atoms with Gasteiger partial charge < -0.3 is 5.11 Å². The van der Waals surface area contributed by atoms with Gasteiger partial charge in [-0.05, 0) is 30.9 Å². The number of carboxylic acid groups (broad SMARTS) is 1. The number of aryl methyl sites for hydroxylation is 1. The summed E-state index contributed by atoms with van der Waals surface area (Å²) in [5.41, 5.74) is 4.09. The van der Waals surface area contributed by atoms with Gasteiger partial charge >= 0.3 is 5.97 Å². The second-order valence-electron chi connectivity index (χ2n) is 4.66. The minimum atomic E-state index is -0.891. The average molecular weight is 268 g/mol. The lowest BCUT2D eigenvalue weighted by atomic mass is 10.0. The first-order valence-corrected chi connectivity index (χ1v) is 6.39. The van der Waals surface area contributed by atoms with Gasteiger partial charge in [0.25, 0.3) is 0 Å². The van der Waals surface area contributed by atoms with E-state index < -0.39 is 5.97 Å². The minimum Gasteiger partial charge on any atom is -0.478 e. The normalized spacial score (nSPS) is 11.3. The highest BCUT2D eigenvalue weighted by molar-refractivity contribution is 5.80. The van der Waals surface area contributed by atoms with E-state index in [2.05, 4.69) is 16.0 Å². The lowest BCUT2D eigenvalue weighted by Crippen LogP contribution is -1.93. The number of hydrogen-bond donors (Lipinski definition) is 1. The summed E-state index contributed by atoms with van der Waals surface area (Å²) in [5.74, 6) is -0.891. The molecule has 1 heterocycles. The van der Waals surface area contributed by atoms with Crippen LogP contribution in [0.15, 0.2) is 54.6 Å². The van der Waals surface area contributed by atoms with Gasteiger partial charge in [0.1, 0.15) is 6.33 Å². The molecule has 0 unspecified atom stereocenters. The van der Waals surface area contributed by atoms with Crippen molar-refractivity contribution in [2.24, 2.45) is 0 Å². The Kier molecular flexibility index (Phi) is 4.60. The Labute approximate surface area is 117 Å². The molecule has 102 valence electrons. The lowest BCUT2D eigenvalue weighted by Gasteiger charge is -2.05. The molecule has 20 heavy (non-hydrogen) atoms. The summed E-state index contributed by atoms with van der Waals surface area (Å²) in [5, 5.41) is 8.68. The van der Waals surface area contributed by atoms with E-state index in [0.29, 0.717) is 0 Å². The maximum absolute atomic E-state index is 10.6. The quantitative estimate of drug-likeness (QED) is 0.846. The maximum atomic E-state index is 10.6. The summed E-state index contributed by atoms with van der Waals surface area (Å²) in [7, 11) is 0. The van der Waals surface area contributed by atoms with Crippen LogP contribution < -0.4 is 0 Å². The van der Waals surface area contributed by atoms with E-state index in [4.69, 9.17) is 5.11 Å². The van der Waals surface area contributed by atoms with E-state index in [-0.39, 0.29) is 0 Å². The predicted molar refractivity (Wildman–Crippen MR) is 77.2 cm³/mol. The smallest absolute Gasteiger partial charge is 0.328 e. The Morgan fingerprint density at radius 3 is 2.70 bits per heavy atom. The third-order valence-corrected chi connectivity index (χ3v) is 3.00. The molecule has 4 heteroatoms. The molecular formula is C16H16N2O2. The van der Waals surface area contributed by atoms with Crippen LogP contribution in [0.1, 0.15) is 18.9 Å². The van der Waals surface area contributed by atoms with E-state index in [1.165, 1.54) is 18.0 Å². The first-order valence-electron chi connectivity index (χ1n) is 6.39. The second-order valence-corrected chi connectivity index (χ2v) is 4.66. The van der Waals surface area contributed by atoms with Crippen molar-refractivity contribution in [1.29, 1.82) is 0 Å². The van der Waals surface area contributed by atoms with Crippen molar-refractivity contribution in [3.8, 4) is 11.1 Å². The number of aliphatic carboxylic acids is 1. The third kappa shape index (κ3) is 4.02. The fourth-order valence-corrected chi connectivity index (χ4v) is 1.98. The molecule has 0 saturated heterocycles. The summed E-state index contributed by atoms with van der Waals surface area (Å²) in [6.07, 6.45) is 7.88. The molecule has 0 amide bonds. The van der Waals surface area contributed by atoms with E-state index in [9.17, 15) is 4.79 Å². The van der Waals surface area contributed by atoms with Crippen molar-refractivity contribution < 1.29 is 9.90 Å². The minimum absolute atomic E-state index is 0.737. The van der Waals surface area contributed by atoms with E-state index in [1.807, 2.05) is 25.1 Å². The average Bonchev–Trinajstić information content (AvgIpc) is 2.46. The van der Waals surface area contributed by atoms with Gasteiger partial charge in [-0.2, -0.15) is 0 Å². The van der Waals surface area contributed by atoms with E-state index >= 15 is 0 Å². The Bertz CT molecular complexity index is 621. The van der Waals surface area contributed by atoms with E-state index in [1.54, 1.807) is 12.4 Å². The molecule has 0 saturated carbocycles. The van der Waals surface area contributed by atoms with Crippen LogP contribution >= 0.6 is 0 Å². The fourth-order valence-electron chi connectivity index (χ4n) is 1.98. The zero-order valence-corrected chi connectivity index (χ0v) is 11.3. The van der Waals surface area contributed by atoms with Gasteiger partial charge in [0.05, 0.1) is 0 Å². The molecule has 0 bridgehead atoms. The molecule has 2 aromatic rings. The van der Waals surface area contributed by atoms with Crippen molar-refractivity contribution in [2.45, 2.75) is 19.8 Å². The van der Waals surface area contributed by atoms with Crippen molar-refractivity contribution in [3.05, 3.63) is 60.2 Å². The van der Waals surface area contributed by atoms with Crippen LogP contribution in [0.2, 0.25) is 0 Å². The Hall–Kier alpha value is -2.49. The van der Waals surface area contributed by atoms with Crippen molar-refractivity contribution in [3.63, 3.8) is 0 Å². The zero-order valence-electron chi connectivity index (χ0n) is 11.3. The van der Waals surface area contributed by atoms with Crippen LogP contribution in [0.3, 0.4) is 0 Å². The SMILES string of the molecule is C/C(=C\C(=O)O)CCc1cccc(-c2cncnc2)c1. The molecule has 4 nitrogen and oxygen atoms in total. The van der Waals surface area contributed by atoms with E-state index in [0.717, 1.165) is 29.5 Å². The number of aromatic nitrogens is 2. The number of carbonyl (C=O) groups is 1. The summed E-state index contributed by atoms with van der Waals surface area (Å²) in [4.78, 5) is 18.6. The molecule has 0 fully saturated rings. The molecule has 0 aliphatic heterocycles. The van der Waals surface area contributed by atoms with Gasteiger partial charge in [0, 0.05) is 24.0 Å². The summed E-state index contributed by atoms with van der Waals surface area (Å²) < 4.78 is 0. The molecule has 0 aliphatic carbocycles. The Morgan fingerprint density at radius 2 is 2.00 bits per heavy atom. The van der Waals surface area contributed by atoms with Crippen LogP contribution in [0.4, 0.5) is 0 Å². The summed E-state index contributed by atoms with van der Waals surface area (Å²) >= 11 is 0. The van der Waals surface area contributed by atoms with Crippen LogP contribution in [0.5, 0.6) is 0 Å². The first-order chi connectivity index (χ1) is 9.65. The van der Waals surface area contributed by atoms with Crippen molar-refractivity contribution >= 4 is 5.97 Å². The molecular weight excluding hydrogens is 252 g/mol. The number of allylic oxidation sites excluding steroid dienone is 1. The molecule has 1 aromatic heterocycles.